The van der Waals surface area contributed by atoms with Gasteiger partial charge in [-0.25, -0.2) is 4.79 Å². The number of nitrogens with one attached hydrogen (secondary N) is 1. The Morgan fingerprint density at radius 3 is 2.38 bits per heavy atom. The SMILES string of the molecule is CCOC(=O)[C@@H]1[C@H](c2ccccc2)C(=O)N/[N+]1=C\c1cc2cccc3ccc4cccc1c4c32. The summed E-state index contributed by atoms with van der Waals surface area (Å²) in [4.78, 5) is 26.2. The molecule has 0 bridgehead atoms. The number of hydrogen-bond acceptors (Lipinski definition) is 3. The third-order valence-electron chi connectivity index (χ3n) is 6.64. The number of hydrazine groups is 1. The van der Waals surface area contributed by atoms with Gasteiger partial charge in [-0.2, -0.15) is 0 Å². The first-order valence-corrected chi connectivity index (χ1v) is 11.5. The van der Waals surface area contributed by atoms with Gasteiger partial charge in [0.05, 0.1) is 6.61 Å². The van der Waals surface area contributed by atoms with Gasteiger partial charge in [-0.15, -0.1) is 5.43 Å². The number of amides is 1. The first-order chi connectivity index (χ1) is 16.7. The zero-order chi connectivity index (χ0) is 23.2. The zero-order valence-corrected chi connectivity index (χ0v) is 18.7. The number of nitrogens with zero attached hydrogens (tertiary/aromatic N) is 1. The van der Waals surface area contributed by atoms with E-state index in [4.69, 9.17) is 4.74 Å². The smallest absolute Gasteiger partial charge is 0.379 e. The Morgan fingerprint density at radius 2 is 1.62 bits per heavy atom. The Hall–Kier alpha value is -4.25. The van der Waals surface area contributed by atoms with E-state index >= 15 is 0 Å². The van der Waals surface area contributed by atoms with Crippen LogP contribution >= 0.6 is 0 Å². The molecule has 1 saturated heterocycles. The fraction of sp³-hybridized carbons (Fsp3) is 0.138. The summed E-state index contributed by atoms with van der Waals surface area (Å²) in [5.74, 6) is -1.31. The van der Waals surface area contributed by atoms with Crippen molar-refractivity contribution in [2.75, 3.05) is 6.61 Å². The fourth-order valence-electron chi connectivity index (χ4n) is 5.20. The molecule has 0 spiro atoms. The summed E-state index contributed by atoms with van der Waals surface area (Å²) in [6.07, 6.45) is 1.87. The highest BCUT2D eigenvalue weighted by Gasteiger charge is 2.52. The van der Waals surface area contributed by atoms with E-state index in [-0.39, 0.29) is 12.5 Å². The summed E-state index contributed by atoms with van der Waals surface area (Å²) in [5.41, 5.74) is 4.63. The lowest BCUT2D eigenvalue weighted by Crippen LogP contribution is -2.38. The number of esters is 1. The quantitative estimate of drug-likeness (QED) is 0.245. The van der Waals surface area contributed by atoms with E-state index < -0.39 is 17.9 Å². The largest absolute Gasteiger partial charge is 0.461 e. The highest BCUT2D eigenvalue weighted by Crippen LogP contribution is 2.36. The van der Waals surface area contributed by atoms with Crippen LogP contribution < -0.4 is 5.43 Å². The third kappa shape index (κ3) is 3.12. The Kier molecular flexibility index (Phi) is 4.77. The molecule has 0 unspecified atom stereocenters. The highest BCUT2D eigenvalue weighted by molar-refractivity contribution is 6.25. The summed E-state index contributed by atoms with van der Waals surface area (Å²) in [6, 6.07) is 27.5. The molecule has 1 aliphatic heterocycles. The van der Waals surface area contributed by atoms with Gasteiger partial charge in [-0.3, -0.25) is 4.79 Å². The number of ether oxygens (including phenoxy) is 1. The molecule has 0 saturated carbocycles. The number of benzene rings is 5. The molecule has 1 amide bonds. The molecule has 6 rings (SSSR count). The molecule has 5 nitrogen and oxygen atoms in total. The van der Waals surface area contributed by atoms with Crippen molar-refractivity contribution in [3.63, 3.8) is 0 Å². The summed E-state index contributed by atoms with van der Waals surface area (Å²) in [6.45, 7) is 2.02. The standard InChI is InChI=1S/C29H22N2O3/c1-2-34-29(33)27-26(18-8-4-3-5-9-18)28(32)30-31(27)17-22-16-21-12-6-10-19-14-15-20-11-7-13-23(22)25(20)24(19)21/h3-17,26-27H,2H2,1H3/p+1/b31-17-/t26-,27-/m0/s1. The Labute approximate surface area is 196 Å². The number of hydrazone groups is 1. The maximum atomic E-state index is 13.1. The molecule has 1 fully saturated rings. The molecular weight excluding hydrogens is 424 g/mol. The lowest BCUT2D eigenvalue weighted by molar-refractivity contribution is -0.579. The van der Waals surface area contributed by atoms with Gasteiger partial charge in [0.2, 0.25) is 6.21 Å². The zero-order valence-electron chi connectivity index (χ0n) is 18.7. The van der Waals surface area contributed by atoms with Crippen molar-refractivity contribution in [3.05, 3.63) is 96.1 Å². The summed E-state index contributed by atoms with van der Waals surface area (Å²) in [7, 11) is 0. The second kappa shape index (κ2) is 7.96. The van der Waals surface area contributed by atoms with Crippen molar-refractivity contribution in [1.29, 1.82) is 0 Å². The monoisotopic (exact) mass is 447 g/mol. The van der Waals surface area contributed by atoms with E-state index in [1.165, 1.54) is 16.2 Å². The van der Waals surface area contributed by atoms with Crippen LogP contribution in [0.2, 0.25) is 0 Å². The first-order valence-electron chi connectivity index (χ1n) is 11.5. The predicted molar refractivity (Wildman–Crippen MR) is 133 cm³/mol. The van der Waals surface area contributed by atoms with Crippen molar-refractivity contribution in [3.8, 4) is 0 Å². The average Bonchev–Trinajstić information content (AvgIpc) is 3.19. The van der Waals surface area contributed by atoms with Crippen LogP contribution in [0.3, 0.4) is 0 Å². The van der Waals surface area contributed by atoms with Crippen LogP contribution in [0.25, 0.3) is 32.3 Å². The van der Waals surface area contributed by atoms with E-state index in [0.717, 1.165) is 27.3 Å². The normalized spacial score (nSPS) is 19.3. The van der Waals surface area contributed by atoms with E-state index in [1.54, 1.807) is 11.6 Å². The molecule has 5 aromatic rings. The lowest BCUT2D eigenvalue weighted by atomic mass is 9.91. The van der Waals surface area contributed by atoms with Crippen LogP contribution in [-0.2, 0) is 14.3 Å². The molecule has 5 aromatic carbocycles. The Bertz CT molecular complexity index is 1590. The van der Waals surface area contributed by atoms with Crippen LogP contribution in [0.4, 0.5) is 0 Å². The molecule has 0 radical (unpaired) electrons. The minimum absolute atomic E-state index is 0.224. The van der Waals surface area contributed by atoms with Crippen molar-refractivity contribution in [2.45, 2.75) is 18.9 Å². The molecule has 1 heterocycles. The highest BCUT2D eigenvalue weighted by atomic mass is 16.5. The van der Waals surface area contributed by atoms with Gasteiger partial charge in [0.25, 0.3) is 11.9 Å². The molecule has 34 heavy (non-hydrogen) atoms. The van der Waals surface area contributed by atoms with Crippen molar-refractivity contribution in [2.24, 2.45) is 0 Å². The number of hydrogen-bond donors (Lipinski definition) is 1. The van der Waals surface area contributed by atoms with Crippen molar-refractivity contribution < 1.29 is 19.0 Å². The van der Waals surface area contributed by atoms with E-state index in [2.05, 4.69) is 54.0 Å². The third-order valence-corrected chi connectivity index (χ3v) is 6.64. The Morgan fingerprint density at radius 1 is 0.912 bits per heavy atom. The molecule has 0 aliphatic carbocycles. The van der Waals surface area contributed by atoms with Gasteiger partial charge in [-0.05, 0) is 50.9 Å². The van der Waals surface area contributed by atoms with Gasteiger partial charge in [0, 0.05) is 5.56 Å². The van der Waals surface area contributed by atoms with Crippen molar-refractivity contribution >= 4 is 50.4 Å². The van der Waals surface area contributed by atoms with E-state index in [1.807, 2.05) is 42.6 Å². The van der Waals surface area contributed by atoms with Crippen molar-refractivity contribution in [1.82, 2.24) is 5.43 Å². The molecule has 166 valence electrons. The first kappa shape index (κ1) is 20.4. The topological polar surface area (TPSA) is 58.4 Å². The molecule has 0 aromatic heterocycles. The van der Waals surface area contributed by atoms with Crippen LogP contribution in [-0.4, -0.2) is 35.4 Å². The molecule has 1 N–H and O–H groups in total. The van der Waals surface area contributed by atoms with Gasteiger partial charge < -0.3 is 4.74 Å². The van der Waals surface area contributed by atoms with E-state index in [9.17, 15) is 9.59 Å². The molecular formula is C29H23N2O3+. The average molecular weight is 448 g/mol. The molecule has 5 heteroatoms. The summed E-state index contributed by atoms with van der Waals surface area (Å²) < 4.78 is 7.02. The lowest BCUT2D eigenvalue weighted by Gasteiger charge is -2.13. The van der Waals surface area contributed by atoms with Gasteiger partial charge in [0.15, 0.2) is 0 Å². The van der Waals surface area contributed by atoms with Crippen LogP contribution in [0.1, 0.15) is 24.0 Å². The number of carbonyl (C=O) groups excluding carboxylic acids is 2. The maximum Gasteiger partial charge on any atom is 0.379 e. The van der Waals surface area contributed by atoms with Crippen LogP contribution in [0, 0.1) is 0 Å². The van der Waals surface area contributed by atoms with Crippen LogP contribution in [0.15, 0.2) is 84.9 Å². The van der Waals surface area contributed by atoms with Gasteiger partial charge in [0.1, 0.15) is 5.92 Å². The number of rotatable bonds is 4. The van der Waals surface area contributed by atoms with Gasteiger partial charge >= 0.3 is 5.97 Å². The molecule has 1 aliphatic rings. The second-order valence-corrected chi connectivity index (χ2v) is 8.61. The minimum Gasteiger partial charge on any atom is -0.461 e. The van der Waals surface area contributed by atoms with E-state index in [0.29, 0.717) is 0 Å². The van der Waals surface area contributed by atoms with Gasteiger partial charge in [-0.1, -0.05) is 83.5 Å². The summed E-state index contributed by atoms with van der Waals surface area (Å²) >= 11 is 0. The molecule has 2 atom stereocenters. The fourth-order valence-corrected chi connectivity index (χ4v) is 5.20. The predicted octanol–water partition coefficient (Wildman–Crippen LogP) is 4.78. The maximum absolute atomic E-state index is 13.1. The Balaban J connectivity index is 1.57. The second-order valence-electron chi connectivity index (χ2n) is 8.61. The minimum atomic E-state index is -0.803. The van der Waals surface area contributed by atoms with Crippen LogP contribution in [0.5, 0.6) is 0 Å². The summed E-state index contributed by atoms with van der Waals surface area (Å²) in [5, 5.41) is 6.94. The number of carbonyl (C=O) groups is 2.